The molecule has 1 aliphatic heterocycles. The van der Waals surface area contributed by atoms with Gasteiger partial charge in [-0.15, -0.1) is 0 Å². The molecule has 0 fully saturated rings. The molecule has 1 aromatic carbocycles. The molecule has 1 aliphatic rings. The second kappa shape index (κ2) is 2.92. The van der Waals surface area contributed by atoms with Gasteiger partial charge in [-0.2, -0.15) is 0 Å². The van der Waals surface area contributed by atoms with Crippen molar-refractivity contribution in [2.24, 2.45) is 0 Å². The Balaban J connectivity index is 2.45. The Labute approximate surface area is 77.2 Å². The van der Waals surface area contributed by atoms with Crippen molar-refractivity contribution in [3.8, 4) is 0 Å². The molecule has 13 heavy (non-hydrogen) atoms. The molecule has 0 amide bonds. The maximum Gasteiger partial charge on any atom is 0.269 e. The van der Waals surface area contributed by atoms with Gasteiger partial charge in [0.15, 0.2) is 0 Å². The van der Waals surface area contributed by atoms with Gasteiger partial charge in [0.25, 0.3) is 5.69 Å². The molecular formula is C8H7NO3S. The minimum Gasteiger partial charge on any atom is -0.259 e. The summed E-state index contributed by atoms with van der Waals surface area (Å²) in [5.74, 6) is 0.990. The molecule has 2 rings (SSSR count). The average molecular weight is 197 g/mol. The van der Waals surface area contributed by atoms with E-state index < -0.39 is 15.7 Å². The van der Waals surface area contributed by atoms with E-state index in [-0.39, 0.29) is 5.69 Å². The van der Waals surface area contributed by atoms with Crippen LogP contribution in [0.2, 0.25) is 0 Å². The summed E-state index contributed by atoms with van der Waals surface area (Å²) in [6, 6.07) is 4.67. The highest BCUT2D eigenvalue weighted by Gasteiger charge is 2.19. The Morgan fingerprint density at radius 2 is 2.00 bits per heavy atom. The third-order valence-corrected chi connectivity index (χ3v) is 3.30. The van der Waals surface area contributed by atoms with E-state index in [4.69, 9.17) is 0 Å². The Hall–Kier alpha value is -1.23. The first-order valence-corrected chi connectivity index (χ1v) is 5.27. The van der Waals surface area contributed by atoms with Crippen molar-refractivity contribution < 1.29 is 9.13 Å². The van der Waals surface area contributed by atoms with E-state index in [1.54, 1.807) is 6.07 Å². The fourth-order valence-electron chi connectivity index (χ4n) is 1.40. The smallest absolute Gasteiger partial charge is 0.259 e. The van der Waals surface area contributed by atoms with Gasteiger partial charge in [0.1, 0.15) is 0 Å². The number of nitro benzene ring substituents is 1. The molecule has 0 spiro atoms. The van der Waals surface area contributed by atoms with E-state index in [0.717, 1.165) is 11.1 Å². The molecule has 0 N–H and O–H groups in total. The van der Waals surface area contributed by atoms with E-state index in [1.165, 1.54) is 12.1 Å². The fourth-order valence-corrected chi connectivity index (χ4v) is 2.75. The van der Waals surface area contributed by atoms with Gasteiger partial charge in [0.05, 0.1) is 4.92 Å². The molecular weight excluding hydrogens is 190 g/mol. The van der Waals surface area contributed by atoms with Crippen LogP contribution >= 0.6 is 0 Å². The quantitative estimate of drug-likeness (QED) is 0.504. The third kappa shape index (κ3) is 1.47. The van der Waals surface area contributed by atoms with Crippen LogP contribution in [-0.2, 0) is 22.3 Å². The number of non-ortho nitro benzene ring substituents is 1. The molecule has 0 aromatic heterocycles. The highest BCUT2D eigenvalue weighted by Crippen LogP contribution is 2.25. The highest BCUT2D eigenvalue weighted by molar-refractivity contribution is 7.83. The van der Waals surface area contributed by atoms with Gasteiger partial charge in [-0.3, -0.25) is 14.3 Å². The Bertz CT molecular complexity index is 402. The second-order valence-corrected chi connectivity index (χ2v) is 4.40. The van der Waals surface area contributed by atoms with Gasteiger partial charge in [0, 0.05) is 34.4 Å². The fraction of sp³-hybridized carbons (Fsp3) is 0.250. The van der Waals surface area contributed by atoms with Crippen LogP contribution in [0, 0.1) is 10.1 Å². The Morgan fingerprint density at radius 1 is 1.31 bits per heavy atom. The summed E-state index contributed by atoms with van der Waals surface area (Å²) in [6.45, 7) is 0. The van der Waals surface area contributed by atoms with Crippen LogP contribution in [0.4, 0.5) is 5.69 Å². The first-order valence-electron chi connectivity index (χ1n) is 3.78. The normalized spacial score (nSPS) is 19.8. The zero-order chi connectivity index (χ0) is 9.42. The summed E-state index contributed by atoms with van der Waals surface area (Å²) < 4.78 is 11.1. The lowest BCUT2D eigenvalue weighted by Crippen LogP contribution is -1.90. The van der Waals surface area contributed by atoms with E-state index in [9.17, 15) is 14.3 Å². The Kier molecular flexibility index (Phi) is 1.88. The predicted molar refractivity (Wildman–Crippen MR) is 48.6 cm³/mol. The topological polar surface area (TPSA) is 60.2 Å². The summed E-state index contributed by atoms with van der Waals surface area (Å²) in [5.41, 5.74) is 1.91. The van der Waals surface area contributed by atoms with Crippen LogP contribution in [0.25, 0.3) is 0 Å². The van der Waals surface area contributed by atoms with Crippen molar-refractivity contribution in [3.63, 3.8) is 0 Å². The number of benzene rings is 1. The summed E-state index contributed by atoms with van der Waals surface area (Å²) in [6.07, 6.45) is 0. The lowest BCUT2D eigenvalue weighted by molar-refractivity contribution is -0.384. The van der Waals surface area contributed by atoms with Gasteiger partial charge in [0.2, 0.25) is 0 Å². The number of nitrogens with zero attached hydrogens (tertiary/aromatic N) is 1. The van der Waals surface area contributed by atoms with Crippen LogP contribution in [0.3, 0.4) is 0 Å². The van der Waals surface area contributed by atoms with Gasteiger partial charge < -0.3 is 0 Å². The second-order valence-electron chi connectivity index (χ2n) is 2.94. The minimum atomic E-state index is -0.863. The van der Waals surface area contributed by atoms with Gasteiger partial charge in [-0.05, 0) is 11.1 Å². The zero-order valence-corrected chi connectivity index (χ0v) is 7.54. The number of nitro groups is 1. The lowest BCUT2D eigenvalue weighted by Gasteiger charge is -1.95. The summed E-state index contributed by atoms with van der Waals surface area (Å²) in [4.78, 5) is 9.98. The van der Waals surface area contributed by atoms with E-state index in [2.05, 4.69) is 0 Å². The van der Waals surface area contributed by atoms with Gasteiger partial charge in [-0.1, -0.05) is 6.07 Å². The number of hydrogen-bond donors (Lipinski definition) is 0. The van der Waals surface area contributed by atoms with Crippen LogP contribution in [0.5, 0.6) is 0 Å². The molecule has 1 heterocycles. The van der Waals surface area contributed by atoms with Crippen molar-refractivity contribution in [2.45, 2.75) is 11.5 Å². The molecule has 0 bridgehead atoms. The number of fused-ring (bicyclic) bond motifs is 1. The summed E-state index contributed by atoms with van der Waals surface area (Å²) in [5, 5.41) is 10.4. The molecule has 0 saturated carbocycles. The molecule has 68 valence electrons. The predicted octanol–water partition coefficient (Wildman–Crippen LogP) is 1.36. The first kappa shape index (κ1) is 8.37. The standard InChI is InChI=1S/C8H7NO3S/c10-9(11)8-2-1-6-4-13(12)5-7(6)3-8/h1-3H,4-5H2. The molecule has 5 heteroatoms. The van der Waals surface area contributed by atoms with Crippen molar-refractivity contribution in [1.82, 2.24) is 0 Å². The van der Waals surface area contributed by atoms with Crippen LogP contribution < -0.4 is 0 Å². The summed E-state index contributed by atoms with van der Waals surface area (Å²) in [7, 11) is -0.863. The highest BCUT2D eigenvalue weighted by atomic mass is 32.2. The Morgan fingerprint density at radius 3 is 2.69 bits per heavy atom. The molecule has 4 nitrogen and oxygen atoms in total. The maximum absolute atomic E-state index is 11.1. The minimum absolute atomic E-state index is 0.0812. The average Bonchev–Trinajstić information content (AvgIpc) is 2.42. The van der Waals surface area contributed by atoms with Crippen molar-refractivity contribution in [2.75, 3.05) is 0 Å². The number of hydrogen-bond acceptors (Lipinski definition) is 3. The van der Waals surface area contributed by atoms with E-state index >= 15 is 0 Å². The zero-order valence-electron chi connectivity index (χ0n) is 6.73. The van der Waals surface area contributed by atoms with Crippen LogP contribution in [-0.4, -0.2) is 9.13 Å². The van der Waals surface area contributed by atoms with Crippen molar-refractivity contribution in [1.29, 1.82) is 0 Å². The molecule has 1 atom stereocenters. The van der Waals surface area contributed by atoms with Crippen LogP contribution in [0.15, 0.2) is 18.2 Å². The molecule has 0 saturated heterocycles. The third-order valence-electron chi connectivity index (χ3n) is 2.03. The van der Waals surface area contributed by atoms with Gasteiger partial charge >= 0.3 is 0 Å². The SMILES string of the molecule is O=[N+]([O-])c1ccc2c(c1)CS(=O)C2. The van der Waals surface area contributed by atoms with E-state index in [0.29, 0.717) is 11.5 Å². The monoisotopic (exact) mass is 197 g/mol. The molecule has 1 aromatic rings. The van der Waals surface area contributed by atoms with Crippen molar-refractivity contribution >= 4 is 16.5 Å². The number of rotatable bonds is 1. The van der Waals surface area contributed by atoms with Crippen LogP contribution in [0.1, 0.15) is 11.1 Å². The molecule has 0 radical (unpaired) electrons. The molecule has 1 unspecified atom stereocenters. The summed E-state index contributed by atoms with van der Waals surface area (Å²) >= 11 is 0. The molecule has 0 aliphatic carbocycles. The van der Waals surface area contributed by atoms with Crippen molar-refractivity contribution in [3.05, 3.63) is 39.4 Å². The largest absolute Gasteiger partial charge is 0.269 e. The van der Waals surface area contributed by atoms with E-state index in [1.807, 2.05) is 0 Å². The van der Waals surface area contributed by atoms with Gasteiger partial charge in [-0.25, -0.2) is 0 Å². The first-order chi connectivity index (χ1) is 6.16. The maximum atomic E-state index is 11.1. The lowest BCUT2D eigenvalue weighted by atomic mass is 10.1.